The molecule has 0 spiro atoms. The van der Waals surface area contributed by atoms with Crippen LogP contribution >= 0.6 is 11.6 Å². The van der Waals surface area contributed by atoms with Gasteiger partial charge < -0.3 is 9.47 Å². The Kier molecular flexibility index (Phi) is 9.70. The Balaban J connectivity index is 1.86. The average Bonchev–Trinajstić information content (AvgIpc) is 2.84. The molecule has 15 heteroatoms. The second kappa shape index (κ2) is 12.3. The lowest BCUT2D eigenvalue weighted by Gasteiger charge is -2.35. The molecule has 218 valence electrons. The third-order valence-electron chi connectivity index (χ3n) is 5.91. The SMILES string of the molecule is CN1C(OC(=O)NCOCC[Si](C)(C)C)=NC(C)(c2cc(C=C(F)c3cc(F)c(Cl)cn3)ccc2F)CS1(=O)=O. The van der Waals surface area contributed by atoms with Gasteiger partial charge in [0.2, 0.25) is 10.0 Å². The highest BCUT2D eigenvalue weighted by molar-refractivity contribution is 7.89. The number of nitrogens with one attached hydrogen (secondary N) is 1. The number of carbonyl (C=O) groups excluding carboxylic acids is 1. The molecule has 3 rings (SSSR count). The van der Waals surface area contributed by atoms with E-state index in [-0.39, 0.29) is 28.6 Å². The molecule has 0 aliphatic carbocycles. The summed E-state index contributed by atoms with van der Waals surface area (Å²) in [5, 5.41) is 2.08. The molecule has 1 aromatic heterocycles. The molecule has 1 atom stereocenters. The van der Waals surface area contributed by atoms with Crippen LogP contribution in [0, 0.1) is 11.6 Å². The quantitative estimate of drug-likeness (QED) is 0.242. The summed E-state index contributed by atoms with van der Waals surface area (Å²) in [6.45, 7) is 8.15. The fourth-order valence-electron chi connectivity index (χ4n) is 3.60. The molecule has 1 N–H and O–H groups in total. The molecule has 0 saturated heterocycles. The van der Waals surface area contributed by atoms with E-state index in [4.69, 9.17) is 21.1 Å². The first kappa shape index (κ1) is 31.6. The lowest BCUT2D eigenvalue weighted by molar-refractivity contribution is 0.118. The highest BCUT2D eigenvalue weighted by Gasteiger charge is 2.44. The van der Waals surface area contributed by atoms with Crippen molar-refractivity contribution in [3.05, 3.63) is 63.9 Å². The average molecular weight is 619 g/mol. The maximum absolute atomic E-state index is 15.0. The zero-order chi connectivity index (χ0) is 29.9. The van der Waals surface area contributed by atoms with E-state index < -0.39 is 59.0 Å². The van der Waals surface area contributed by atoms with Gasteiger partial charge >= 0.3 is 12.1 Å². The minimum atomic E-state index is -4.11. The molecule has 0 radical (unpaired) electrons. The zero-order valence-corrected chi connectivity index (χ0v) is 25.2. The Bertz CT molecular complexity index is 1450. The molecule has 1 aliphatic rings. The van der Waals surface area contributed by atoms with Crippen LogP contribution in [0.4, 0.5) is 18.0 Å². The van der Waals surface area contributed by atoms with Gasteiger partial charge in [0, 0.05) is 39.6 Å². The standard InChI is InChI=1S/C25H30ClF3N4O5SSi/c1-25(17-10-16(6-7-19(17)27)11-21(29)22-12-20(28)18(26)13-30-22)14-39(35,36)33(2)23(32-25)38-24(34)31-15-37-8-9-40(3,4)5/h6-7,10-13H,8-9,14-15H2,1-5H3,(H,31,34). The molecular weight excluding hydrogens is 589 g/mol. The van der Waals surface area contributed by atoms with Gasteiger partial charge in [-0.15, -0.1) is 0 Å². The summed E-state index contributed by atoms with van der Waals surface area (Å²) in [4.78, 5) is 20.3. The van der Waals surface area contributed by atoms with Crippen LogP contribution in [0.2, 0.25) is 30.7 Å². The van der Waals surface area contributed by atoms with Crippen molar-refractivity contribution in [1.82, 2.24) is 14.6 Å². The van der Waals surface area contributed by atoms with E-state index in [0.717, 1.165) is 37.5 Å². The van der Waals surface area contributed by atoms with E-state index in [9.17, 15) is 22.0 Å². The Morgan fingerprint density at radius 2 is 1.95 bits per heavy atom. The van der Waals surface area contributed by atoms with Crippen LogP contribution in [0.5, 0.6) is 0 Å². The van der Waals surface area contributed by atoms with Crippen LogP contribution in [0.1, 0.15) is 23.7 Å². The van der Waals surface area contributed by atoms with Crippen molar-refractivity contribution < 1.29 is 35.9 Å². The lowest BCUT2D eigenvalue weighted by atomic mass is 9.92. The summed E-state index contributed by atoms with van der Waals surface area (Å²) in [5.74, 6) is -3.30. The zero-order valence-electron chi connectivity index (χ0n) is 22.6. The Morgan fingerprint density at radius 3 is 2.60 bits per heavy atom. The molecule has 1 unspecified atom stereocenters. The van der Waals surface area contributed by atoms with Crippen molar-refractivity contribution in [2.24, 2.45) is 4.99 Å². The molecule has 1 aromatic carbocycles. The second-order valence-electron chi connectivity index (χ2n) is 10.5. The van der Waals surface area contributed by atoms with Gasteiger partial charge in [-0.1, -0.05) is 37.3 Å². The van der Waals surface area contributed by atoms with E-state index in [1.165, 1.54) is 19.1 Å². The number of aliphatic imine (C=N–C) groups is 1. The van der Waals surface area contributed by atoms with Gasteiger partial charge in [-0.3, -0.25) is 10.3 Å². The van der Waals surface area contributed by atoms with E-state index in [1.807, 2.05) is 0 Å². The number of ether oxygens (including phenoxy) is 2. The first-order valence-electron chi connectivity index (χ1n) is 12.1. The van der Waals surface area contributed by atoms with E-state index in [1.54, 1.807) is 0 Å². The van der Waals surface area contributed by atoms with Crippen LogP contribution in [0.3, 0.4) is 0 Å². The molecule has 0 saturated carbocycles. The van der Waals surface area contributed by atoms with Crippen LogP contribution in [-0.4, -0.2) is 64.0 Å². The molecule has 2 aromatic rings. The number of rotatable bonds is 8. The van der Waals surface area contributed by atoms with Crippen LogP contribution < -0.4 is 5.32 Å². The Hall–Kier alpha value is -2.94. The minimum absolute atomic E-state index is 0.120. The molecule has 1 amide bonds. The van der Waals surface area contributed by atoms with Crippen LogP contribution in [-0.2, 0) is 25.0 Å². The smallest absolute Gasteiger partial charge is 0.375 e. The molecule has 0 fully saturated rings. The van der Waals surface area contributed by atoms with E-state index in [2.05, 4.69) is 34.9 Å². The Labute approximate surface area is 237 Å². The third kappa shape index (κ3) is 8.05. The fourth-order valence-corrected chi connectivity index (χ4v) is 5.90. The first-order chi connectivity index (χ1) is 18.5. The first-order valence-corrected chi connectivity index (χ1v) is 17.8. The van der Waals surface area contributed by atoms with E-state index >= 15 is 4.39 Å². The summed E-state index contributed by atoms with van der Waals surface area (Å²) >= 11 is 5.59. The van der Waals surface area contributed by atoms with Gasteiger partial charge in [0.05, 0.1) is 10.8 Å². The number of alkyl carbamates (subject to hydrolysis) is 1. The minimum Gasteiger partial charge on any atom is -0.375 e. The number of sulfonamides is 1. The van der Waals surface area contributed by atoms with Gasteiger partial charge in [0.15, 0.2) is 0 Å². The van der Waals surface area contributed by atoms with Crippen molar-refractivity contribution in [3.8, 4) is 0 Å². The number of nitrogens with zero attached hydrogens (tertiary/aromatic N) is 3. The normalized spacial score (nSPS) is 19.3. The van der Waals surface area contributed by atoms with Crippen molar-refractivity contribution in [2.45, 2.75) is 38.1 Å². The summed E-state index contributed by atoms with van der Waals surface area (Å²) in [6.07, 6.45) is 0.911. The van der Waals surface area contributed by atoms with Crippen LogP contribution in [0.25, 0.3) is 11.9 Å². The predicted octanol–water partition coefficient (Wildman–Crippen LogP) is 5.37. The number of amides is 1. The number of carbonyl (C=O) groups is 1. The van der Waals surface area contributed by atoms with Crippen molar-refractivity contribution in [2.75, 3.05) is 26.1 Å². The number of halogens is 4. The number of benzene rings is 1. The molecule has 0 bridgehead atoms. The third-order valence-corrected chi connectivity index (χ3v) is 9.81. The maximum atomic E-state index is 15.0. The van der Waals surface area contributed by atoms with Gasteiger partial charge in [0.1, 0.15) is 35.4 Å². The van der Waals surface area contributed by atoms with Gasteiger partial charge in [-0.2, -0.15) is 0 Å². The second-order valence-corrected chi connectivity index (χ2v) is 18.6. The summed E-state index contributed by atoms with van der Waals surface area (Å²) < 4.78 is 80.6. The van der Waals surface area contributed by atoms with E-state index in [0.29, 0.717) is 10.9 Å². The number of amidine groups is 1. The van der Waals surface area contributed by atoms with Crippen molar-refractivity contribution in [3.63, 3.8) is 0 Å². The number of aromatic nitrogens is 1. The predicted molar refractivity (Wildman–Crippen MR) is 150 cm³/mol. The molecule has 40 heavy (non-hydrogen) atoms. The fraction of sp³-hybridized carbons (Fsp3) is 0.400. The highest BCUT2D eigenvalue weighted by atomic mass is 35.5. The molecule has 1 aliphatic heterocycles. The van der Waals surface area contributed by atoms with Gasteiger partial charge in [-0.05, 0) is 36.7 Å². The maximum Gasteiger partial charge on any atom is 0.416 e. The van der Waals surface area contributed by atoms with Crippen molar-refractivity contribution in [1.29, 1.82) is 0 Å². The number of pyridine rings is 1. The highest BCUT2D eigenvalue weighted by Crippen LogP contribution is 2.35. The van der Waals surface area contributed by atoms with Gasteiger partial charge in [0.25, 0.3) is 0 Å². The lowest BCUT2D eigenvalue weighted by Crippen LogP contribution is -2.49. The van der Waals surface area contributed by atoms with Crippen LogP contribution in [0.15, 0.2) is 35.5 Å². The summed E-state index contributed by atoms with van der Waals surface area (Å²) in [6, 6.07) is 4.57. The molecule has 2 heterocycles. The largest absolute Gasteiger partial charge is 0.416 e. The summed E-state index contributed by atoms with van der Waals surface area (Å²) in [5.41, 5.74) is -2.17. The topological polar surface area (TPSA) is 110 Å². The van der Waals surface area contributed by atoms with Gasteiger partial charge in [-0.25, -0.2) is 35.7 Å². The molecule has 9 nitrogen and oxygen atoms in total. The number of hydrogen-bond donors (Lipinski definition) is 1. The Morgan fingerprint density at radius 1 is 1.25 bits per heavy atom. The monoisotopic (exact) mass is 618 g/mol. The summed E-state index contributed by atoms with van der Waals surface area (Å²) in [7, 11) is -4.29. The van der Waals surface area contributed by atoms with Crippen molar-refractivity contribution >= 4 is 53.7 Å². The molecular formula is C25H30ClF3N4O5SSi. The number of hydrogen-bond acceptors (Lipinski definition) is 7.